The normalized spacial score (nSPS) is 27.0. The number of likely N-dealkylation sites (tertiary alicyclic amines) is 1. The molecule has 0 aromatic rings. The highest BCUT2D eigenvalue weighted by molar-refractivity contribution is 7.80. The van der Waals surface area contributed by atoms with Crippen LogP contribution in [0.2, 0.25) is 0 Å². The summed E-state index contributed by atoms with van der Waals surface area (Å²) in [6.07, 6.45) is 3.36. The molecule has 0 aromatic heterocycles. The van der Waals surface area contributed by atoms with Crippen LogP contribution in [0.4, 0.5) is 0 Å². The molecular weight excluding hydrogens is 232 g/mol. The Kier molecular flexibility index (Phi) is 4.92. The molecule has 1 rings (SSSR count). The molecule has 0 radical (unpaired) electrons. The molecular formula is C13H24N2OS. The van der Waals surface area contributed by atoms with Gasteiger partial charge in [-0.3, -0.25) is 4.79 Å². The van der Waals surface area contributed by atoms with Crippen molar-refractivity contribution in [2.75, 3.05) is 0 Å². The third-order valence-electron chi connectivity index (χ3n) is 3.69. The van der Waals surface area contributed by atoms with Gasteiger partial charge in [-0.25, -0.2) is 0 Å². The molecule has 17 heavy (non-hydrogen) atoms. The molecule has 98 valence electrons. The number of carbonyl (C=O) groups is 1. The maximum Gasteiger partial charge on any atom is 0.233 e. The van der Waals surface area contributed by atoms with Crippen LogP contribution in [0.5, 0.6) is 0 Å². The summed E-state index contributed by atoms with van der Waals surface area (Å²) in [6.45, 7) is 8.23. The van der Waals surface area contributed by atoms with Gasteiger partial charge in [-0.05, 0) is 39.0 Å². The third kappa shape index (κ3) is 3.18. The molecule has 1 saturated heterocycles. The predicted molar refractivity (Wildman–Crippen MR) is 74.7 cm³/mol. The number of rotatable bonds is 3. The monoisotopic (exact) mass is 256 g/mol. The molecule has 1 fully saturated rings. The molecule has 3 nitrogen and oxygen atoms in total. The Morgan fingerprint density at radius 2 is 1.76 bits per heavy atom. The van der Waals surface area contributed by atoms with Crippen molar-refractivity contribution < 1.29 is 4.79 Å². The molecule has 1 heterocycles. The van der Waals surface area contributed by atoms with Crippen LogP contribution in [0.3, 0.4) is 0 Å². The van der Waals surface area contributed by atoms with E-state index in [-0.39, 0.29) is 17.7 Å². The maximum absolute atomic E-state index is 12.6. The highest BCUT2D eigenvalue weighted by atomic mass is 32.1. The first-order chi connectivity index (χ1) is 7.86. The maximum atomic E-state index is 12.6. The van der Waals surface area contributed by atoms with Crippen LogP contribution in [-0.2, 0) is 4.79 Å². The summed E-state index contributed by atoms with van der Waals surface area (Å²) in [5, 5.41) is 0. The van der Waals surface area contributed by atoms with Gasteiger partial charge in [0.05, 0.1) is 10.9 Å². The third-order valence-corrected chi connectivity index (χ3v) is 3.94. The number of hydrogen-bond acceptors (Lipinski definition) is 2. The van der Waals surface area contributed by atoms with Crippen LogP contribution in [0.15, 0.2) is 0 Å². The first-order valence-corrected chi connectivity index (χ1v) is 6.88. The van der Waals surface area contributed by atoms with Crippen molar-refractivity contribution >= 4 is 23.1 Å². The second-order valence-corrected chi connectivity index (χ2v) is 5.97. The summed E-state index contributed by atoms with van der Waals surface area (Å²) in [6, 6.07) is 0.615. The van der Waals surface area contributed by atoms with Crippen molar-refractivity contribution in [3.8, 4) is 0 Å². The van der Waals surface area contributed by atoms with Crippen molar-refractivity contribution in [2.45, 2.75) is 59.0 Å². The SMILES string of the molecule is CC(C)C(C(=O)N1C(C)CCCC1C)C(N)=S. The fraction of sp³-hybridized carbons (Fsp3) is 0.846. The molecule has 0 aromatic carbocycles. The molecule has 2 N–H and O–H groups in total. The summed E-state index contributed by atoms with van der Waals surface area (Å²) in [5.41, 5.74) is 5.72. The lowest BCUT2D eigenvalue weighted by Crippen LogP contribution is -2.52. The van der Waals surface area contributed by atoms with E-state index >= 15 is 0 Å². The molecule has 1 amide bonds. The van der Waals surface area contributed by atoms with E-state index in [4.69, 9.17) is 18.0 Å². The number of thiocarbonyl (C=S) groups is 1. The minimum atomic E-state index is -0.312. The number of piperidine rings is 1. The summed E-state index contributed by atoms with van der Waals surface area (Å²) < 4.78 is 0. The minimum absolute atomic E-state index is 0.118. The Labute approximate surface area is 110 Å². The molecule has 0 aliphatic carbocycles. The number of carbonyl (C=O) groups excluding carboxylic acids is 1. The predicted octanol–water partition coefficient (Wildman–Crippen LogP) is 2.33. The van der Waals surface area contributed by atoms with E-state index in [2.05, 4.69) is 13.8 Å². The van der Waals surface area contributed by atoms with Gasteiger partial charge in [-0.15, -0.1) is 0 Å². The number of nitrogens with zero attached hydrogens (tertiary/aromatic N) is 1. The smallest absolute Gasteiger partial charge is 0.233 e. The van der Waals surface area contributed by atoms with Crippen LogP contribution in [0.25, 0.3) is 0 Å². The Morgan fingerprint density at radius 1 is 1.29 bits per heavy atom. The lowest BCUT2D eigenvalue weighted by molar-refractivity contribution is -0.140. The van der Waals surface area contributed by atoms with E-state index in [1.807, 2.05) is 18.7 Å². The van der Waals surface area contributed by atoms with Crippen LogP contribution in [0, 0.1) is 11.8 Å². The molecule has 0 saturated carbocycles. The fourth-order valence-electron chi connectivity index (χ4n) is 2.75. The molecule has 0 spiro atoms. The van der Waals surface area contributed by atoms with Gasteiger partial charge >= 0.3 is 0 Å². The van der Waals surface area contributed by atoms with Crippen LogP contribution in [0.1, 0.15) is 47.0 Å². The van der Waals surface area contributed by atoms with Crippen LogP contribution >= 0.6 is 12.2 Å². The first-order valence-electron chi connectivity index (χ1n) is 6.47. The van der Waals surface area contributed by atoms with E-state index in [1.165, 1.54) is 6.42 Å². The minimum Gasteiger partial charge on any atom is -0.393 e. The van der Waals surface area contributed by atoms with Crippen LogP contribution in [-0.4, -0.2) is 27.9 Å². The number of amides is 1. The Morgan fingerprint density at radius 3 is 2.12 bits per heavy atom. The van der Waals surface area contributed by atoms with Gasteiger partial charge < -0.3 is 10.6 Å². The quantitative estimate of drug-likeness (QED) is 0.788. The van der Waals surface area contributed by atoms with E-state index in [9.17, 15) is 4.79 Å². The molecule has 3 unspecified atom stereocenters. The van der Waals surface area contributed by atoms with Crippen molar-refractivity contribution in [1.29, 1.82) is 0 Å². The van der Waals surface area contributed by atoms with E-state index < -0.39 is 0 Å². The van der Waals surface area contributed by atoms with Gasteiger partial charge in [0.1, 0.15) is 0 Å². The number of nitrogens with two attached hydrogens (primary N) is 1. The second-order valence-electron chi connectivity index (χ2n) is 5.50. The molecule has 0 bridgehead atoms. The average Bonchev–Trinajstić information content (AvgIpc) is 2.15. The van der Waals surface area contributed by atoms with Crippen molar-refractivity contribution in [1.82, 2.24) is 4.90 Å². The summed E-state index contributed by atoms with van der Waals surface area (Å²) in [4.78, 5) is 14.9. The Balaban J connectivity index is 2.88. The first kappa shape index (κ1) is 14.4. The Bertz CT molecular complexity index is 294. The fourth-order valence-corrected chi connectivity index (χ4v) is 3.12. The summed E-state index contributed by atoms with van der Waals surface area (Å²) >= 11 is 5.05. The number of hydrogen-bond donors (Lipinski definition) is 1. The zero-order chi connectivity index (χ0) is 13.2. The van der Waals surface area contributed by atoms with Crippen molar-refractivity contribution in [2.24, 2.45) is 17.6 Å². The summed E-state index contributed by atoms with van der Waals surface area (Å²) in [5.74, 6) is -0.0264. The largest absolute Gasteiger partial charge is 0.393 e. The van der Waals surface area contributed by atoms with Crippen molar-refractivity contribution in [3.63, 3.8) is 0 Å². The standard InChI is InChI=1S/C13H24N2OS/c1-8(2)11(12(14)17)13(16)15-9(3)6-5-7-10(15)4/h8-11H,5-7H2,1-4H3,(H2,14,17). The highest BCUT2D eigenvalue weighted by Crippen LogP contribution is 2.26. The van der Waals surface area contributed by atoms with Crippen LogP contribution < -0.4 is 5.73 Å². The van der Waals surface area contributed by atoms with Gasteiger partial charge in [0.2, 0.25) is 5.91 Å². The summed E-state index contributed by atoms with van der Waals surface area (Å²) in [7, 11) is 0. The molecule has 3 atom stereocenters. The average molecular weight is 256 g/mol. The van der Waals surface area contributed by atoms with Gasteiger partial charge in [-0.2, -0.15) is 0 Å². The lowest BCUT2D eigenvalue weighted by atomic mass is 9.90. The van der Waals surface area contributed by atoms with E-state index in [0.29, 0.717) is 17.1 Å². The molecule has 1 aliphatic heterocycles. The van der Waals surface area contributed by atoms with E-state index in [1.54, 1.807) is 0 Å². The van der Waals surface area contributed by atoms with Gasteiger partial charge in [0.15, 0.2) is 0 Å². The highest BCUT2D eigenvalue weighted by Gasteiger charge is 2.35. The Hall–Kier alpha value is -0.640. The van der Waals surface area contributed by atoms with Gasteiger partial charge in [0, 0.05) is 12.1 Å². The zero-order valence-electron chi connectivity index (χ0n) is 11.3. The van der Waals surface area contributed by atoms with Gasteiger partial charge in [0.25, 0.3) is 0 Å². The lowest BCUT2D eigenvalue weighted by Gasteiger charge is -2.41. The van der Waals surface area contributed by atoms with E-state index in [0.717, 1.165) is 12.8 Å². The topological polar surface area (TPSA) is 46.3 Å². The van der Waals surface area contributed by atoms with Gasteiger partial charge in [-0.1, -0.05) is 26.1 Å². The zero-order valence-corrected chi connectivity index (χ0v) is 12.1. The second kappa shape index (κ2) is 5.80. The molecule has 4 heteroatoms. The van der Waals surface area contributed by atoms with Crippen molar-refractivity contribution in [3.05, 3.63) is 0 Å². The molecule has 1 aliphatic rings.